The summed E-state index contributed by atoms with van der Waals surface area (Å²) in [6, 6.07) is 29.3. The van der Waals surface area contributed by atoms with Crippen LogP contribution in [0.2, 0.25) is 0 Å². The number of hydrogen-bond acceptors (Lipinski definition) is 0. The molecule has 0 nitrogen and oxygen atoms in total. The van der Waals surface area contributed by atoms with Crippen molar-refractivity contribution in [1.29, 1.82) is 0 Å². The topological polar surface area (TPSA) is 0 Å². The van der Waals surface area contributed by atoms with Gasteiger partial charge in [-0.1, -0.05) is 12.1 Å². The van der Waals surface area contributed by atoms with E-state index < -0.39 is 0 Å². The van der Waals surface area contributed by atoms with Crippen molar-refractivity contribution in [3.05, 3.63) is 109 Å². The van der Waals surface area contributed by atoms with Gasteiger partial charge in [0, 0.05) is 0 Å². The summed E-state index contributed by atoms with van der Waals surface area (Å²) in [7, 11) is 0. The van der Waals surface area contributed by atoms with Crippen LogP contribution in [0, 0.1) is 0 Å². The minimum atomic E-state index is -0.251. The van der Waals surface area contributed by atoms with Crippen molar-refractivity contribution in [3.8, 4) is 0 Å². The minimum absolute atomic E-state index is 0. The van der Waals surface area contributed by atoms with Crippen LogP contribution >= 0.6 is 0 Å². The van der Waals surface area contributed by atoms with Crippen LogP contribution in [0.4, 0.5) is 0 Å². The summed E-state index contributed by atoms with van der Waals surface area (Å²) in [6.45, 7) is 7.26. The average molecular weight is 475 g/mol. The Morgan fingerprint density at radius 2 is 1.08 bits per heavy atom. The molecule has 0 bridgehead atoms. The Morgan fingerprint density at radius 3 is 1.38 bits per heavy atom. The Morgan fingerprint density at radius 1 is 0.692 bits per heavy atom. The molecule has 0 fully saturated rings. The zero-order chi connectivity index (χ0) is 17.2. The summed E-state index contributed by atoms with van der Waals surface area (Å²) in [4.78, 5) is 0. The molecule has 0 aromatic heterocycles. The first-order chi connectivity index (χ1) is 11.7. The van der Waals surface area contributed by atoms with Gasteiger partial charge in [-0.3, -0.25) is 0 Å². The molecular weight excluding hydrogens is 454 g/mol. The van der Waals surface area contributed by atoms with E-state index in [1.54, 1.807) is 23.3 Å². The Balaban J connectivity index is 0.000000357. The Hall–Kier alpha value is -1.18. The molecule has 0 aliphatic heterocycles. The third kappa shape index (κ3) is 8.01. The van der Waals surface area contributed by atoms with Gasteiger partial charge < -0.3 is 24.8 Å². The van der Waals surface area contributed by atoms with Crippen molar-refractivity contribution in [2.24, 2.45) is 0 Å². The van der Waals surface area contributed by atoms with Crippen LogP contribution in [0.1, 0.15) is 0 Å². The van der Waals surface area contributed by atoms with Gasteiger partial charge >= 0.3 is 53.3 Å². The molecule has 0 radical (unpaired) electrons. The Kier molecular flexibility index (Phi) is 13.3. The van der Waals surface area contributed by atoms with Gasteiger partial charge in [-0.05, 0) is 0 Å². The molecule has 4 heteroatoms. The second-order valence-corrected chi connectivity index (χ2v) is 11.2. The van der Waals surface area contributed by atoms with Gasteiger partial charge in [-0.15, -0.1) is 59.3 Å². The fourth-order valence-electron chi connectivity index (χ4n) is 2.22. The molecule has 0 unspecified atom stereocenters. The fraction of sp³-hybridized carbons (Fsp3) is 0. The number of rotatable bonds is 2. The molecule has 0 amide bonds. The number of benzene rings is 2. The summed E-state index contributed by atoms with van der Waals surface area (Å²) >= 11 is 1.57. The summed E-state index contributed by atoms with van der Waals surface area (Å²) in [5.74, 6) is 0. The maximum Gasteiger partial charge on any atom is -0.0809 e. The van der Waals surface area contributed by atoms with Crippen LogP contribution in [0.15, 0.2) is 109 Å². The Labute approximate surface area is 183 Å². The summed E-state index contributed by atoms with van der Waals surface area (Å²) in [5.41, 5.74) is 3.74. The third-order valence-corrected chi connectivity index (χ3v) is 7.43. The van der Waals surface area contributed by atoms with E-state index in [-0.39, 0.29) is 30.2 Å². The molecule has 0 saturated heterocycles. The molecule has 0 N–H and O–H groups in total. The summed E-state index contributed by atoms with van der Waals surface area (Å²) in [6.07, 6.45) is 0. The molecule has 0 saturated carbocycles. The molecule has 132 valence electrons. The number of fused-ring (bicyclic) bond motifs is 2. The molecule has 26 heavy (non-hydrogen) atoms. The average Bonchev–Trinajstić information content (AvgIpc) is 3.30. The van der Waals surface area contributed by atoms with Crippen LogP contribution in [-0.2, 0) is 23.3 Å². The van der Waals surface area contributed by atoms with Crippen LogP contribution in [-0.4, -0.2) is 5.43 Å². The second-order valence-electron chi connectivity index (χ2n) is 5.17. The van der Waals surface area contributed by atoms with E-state index in [0.29, 0.717) is 0 Å². The van der Waals surface area contributed by atoms with E-state index in [1.807, 2.05) is 11.4 Å². The van der Waals surface area contributed by atoms with Gasteiger partial charge in [0.05, 0.1) is 0 Å². The van der Waals surface area contributed by atoms with E-state index in [9.17, 15) is 0 Å². The summed E-state index contributed by atoms with van der Waals surface area (Å²) in [5, 5.41) is 5.32. The predicted molar refractivity (Wildman–Crippen MR) is 105 cm³/mol. The predicted octanol–water partition coefficient (Wildman–Crippen LogP) is 0.101. The Bertz CT molecular complexity index is 801. The minimum Gasteiger partial charge on any atom is -1.00 e. The zero-order valence-corrected chi connectivity index (χ0v) is 19.4. The van der Waals surface area contributed by atoms with Gasteiger partial charge in [0.2, 0.25) is 0 Å². The monoisotopic (exact) mass is 472 g/mol. The second kappa shape index (κ2) is 13.9. The van der Waals surface area contributed by atoms with Crippen LogP contribution in [0.5, 0.6) is 0 Å². The zero-order valence-electron chi connectivity index (χ0n) is 14.4. The van der Waals surface area contributed by atoms with Crippen LogP contribution < -0.4 is 24.8 Å². The molecule has 4 aromatic rings. The van der Waals surface area contributed by atoms with E-state index >= 15 is 0 Å². The summed E-state index contributed by atoms with van der Waals surface area (Å²) < 4.78 is 0. The molecule has 0 aliphatic rings. The van der Waals surface area contributed by atoms with Crippen LogP contribution in [0.25, 0.3) is 21.5 Å². The van der Waals surface area contributed by atoms with Gasteiger partial charge in [0.1, 0.15) is 0 Å². The fourth-order valence-corrected chi connectivity index (χ4v) is 2.39. The van der Waals surface area contributed by atoms with Crippen molar-refractivity contribution in [1.82, 2.24) is 0 Å². The molecule has 0 atom stereocenters. The molecule has 4 rings (SSSR count). The SMILES string of the molecule is C=C[Si](=[Zr+2])C=C.[Cl-].[Cl-].c1ccc2[cH-]ccc2c1.c1ccc2[cH-]ccc2c1. The maximum absolute atomic E-state index is 3.63. The maximum atomic E-state index is 3.63. The van der Waals surface area contributed by atoms with Crippen molar-refractivity contribution in [2.75, 3.05) is 0 Å². The van der Waals surface area contributed by atoms with Gasteiger partial charge in [-0.2, -0.15) is 35.0 Å². The van der Waals surface area contributed by atoms with E-state index in [0.717, 1.165) is 0 Å². The van der Waals surface area contributed by atoms with Crippen LogP contribution in [0.3, 0.4) is 0 Å². The first-order valence-electron chi connectivity index (χ1n) is 7.79. The van der Waals surface area contributed by atoms with Crippen molar-refractivity contribution in [3.63, 3.8) is 0 Å². The first-order valence-corrected chi connectivity index (χ1v) is 13.1. The van der Waals surface area contributed by atoms with Crippen molar-refractivity contribution < 1.29 is 48.1 Å². The normalized spacial score (nSPS) is 8.69. The third-order valence-electron chi connectivity index (χ3n) is 3.53. The van der Waals surface area contributed by atoms with E-state index in [2.05, 4.69) is 98.1 Å². The molecular formula is C22H20Cl2SiZr-2. The smallest absolute Gasteiger partial charge is 0.0809 e. The van der Waals surface area contributed by atoms with E-state index in [4.69, 9.17) is 0 Å². The standard InChI is InChI=1S/2C9H7.C4H6Si.2ClH.Zr/c2*1-2-5-9-7-3-6-8(9)4-1;1-3-5-4-2;;;/h2*1-7H;3-4H,1-2H2;2*1H;/q2*-1;;;;+2/p-2. The van der Waals surface area contributed by atoms with Gasteiger partial charge in [0.25, 0.3) is 0 Å². The largest absolute Gasteiger partial charge is 1.00 e. The van der Waals surface area contributed by atoms with Gasteiger partial charge in [0.15, 0.2) is 0 Å². The molecule has 0 aliphatic carbocycles. The molecule has 0 spiro atoms. The van der Waals surface area contributed by atoms with E-state index in [1.165, 1.54) is 21.5 Å². The first kappa shape index (κ1) is 24.8. The quantitative estimate of drug-likeness (QED) is 0.286. The van der Waals surface area contributed by atoms with Crippen molar-refractivity contribution in [2.45, 2.75) is 0 Å². The molecule has 4 aromatic carbocycles. The number of halogens is 2. The molecule has 0 heterocycles. The number of hydrogen-bond donors (Lipinski definition) is 0. The van der Waals surface area contributed by atoms with Gasteiger partial charge in [-0.25, -0.2) is 0 Å². The van der Waals surface area contributed by atoms with Crippen molar-refractivity contribution >= 4 is 27.0 Å².